The van der Waals surface area contributed by atoms with E-state index in [1.807, 2.05) is 19.2 Å². The van der Waals surface area contributed by atoms with Crippen molar-refractivity contribution < 1.29 is 0 Å². The van der Waals surface area contributed by atoms with Crippen LogP contribution in [-0.2, 0) is 6.42 Å². The maximum absolute atomic E-state index is 6.15. The van der Waals surface area contributed by atoms with Gasteiger partial charge in [0.25, 0.3) is 0 Å². The quantitative estimate of drug-likeness (QED) is 0.825. The second-order valence-electron chi connectivity index (χ2n) is 5.69. The molecule has 0 amide bonds. The molecule has 0 bridgehead atoms. The van der Waals surface area contributed by atoms with E-state index in [0.29, 0.717) is 11.5 Å². The minimum atomic E-state index is 0.315. The smallest absolute Gasteiger partial charge is 0.0437 e. The maximum atomic E-state index is 6.15. The molecule has 1 rings (SSSR count). The first-order chi connectivity index (χ1) is 7.95. The lowest BCUT2D eigenvalue weighted by Gasteiger charge is -2.30. The van der Waals surface area contributed by atoms with Crippen LogP contribution in [-0.4, -0.2) is 13.1 Å². The van der Waals surface area contributed by atoms with Gasteiger partial charge in [-0.25, -0.2) is 0 Å². The van der Waals surface area contributed by atoms with E-state index in [0.717, 1.165) is 11.4 Å². The molecular formula is C15H24ClN. The van der Waals surface area contributed by atoms with Crippen LogP contribution >= 0.6 is 11.6 Å². The van der Waals surface area contributed by atoms with Crippen molar-refractivity contribution in [3.05, 3.63) is 34.9 Å². The number of rotatable bonds is 5. The first kappa shape index (κ1) is 14.5. The molecule has 0 aliphatic rings. The number of aryl methyl sites for hydroxylation is 1. The monoisotopic (exact) mass is 253 g/mol. The second-order valence-corrected chi connectivity index (χ2v) is 6.10. The highest BCUT2D eigenvalue weighted by Crippen LogP contribution is 2.24. The summed E-state index contributed by atoms with van der Waals surface area (Å²) in [6.45, 7) is 6.84. The molecule has 0 fully saturated rings. The van der Waals surface area contributed by atoms with Gasteiger partial charge in [0.15, 0.2) is 0 Å². The van der Waals surface area contributed by atoms with E-state index in [-0.39, 0.29) is 0 Å². The predicted octanol–water partition coefficient (Wildman–Crippen LogP) is 4.30. The summed E-state index contributed by atoms with van der Waals surface area (Å²) in [7, 11) is 2.05. The normalized spacial score (nSPS) is 13.7. The summed E-state index contributed by atoms with van der Waals surface area (Å²) in [6, 6.07) is 8.69. The zero-order chi connectivity index (χ0) is 12.9. The summed E-state index contributed by atoms with van der Waals surface area (Å²) in [5, 5.41) is 4.30. The van der Waals surface area contributed by atoms with Gasteiger partial charge in [-0.3, -0.25) is 0 Å². The summed E-state index contributed by atoms with van der Waals surface area (Å²) in [4.78, 5) is 0. The van der Waals surface area contributed by atoms with Gasteiger partial charge in [-0.1, -0.05) is 50.6 Å². The molecule has 0 spiro atoms. The van der Waals surface area contributed by atoms with Crippen molar-refractivity contribution >= 4 is 11.6 Å². The molecule has 2 heteroatoms. The van der Waals surface area contributed by atoms with Gasteiger partial charge in [0.05, 0.1) is 0 Å². The third-order valence-corrected chi connectivity index (χ3v) is 3.66. The van der Waals surface area contributed by atoms with Crippen LogP contribution in [0.3, 0.4) is 0 Å². The highest BCUT2D eigenvalue weighted by molar-refractivity contribution is 6.31. The molecule has 1 nitrogen and oxygen atoms in total. The largest absolute Gasteiger partial charge is 0.316 e. The van der Waals surface area contributed by atoms with Gasteiger partial charge in [-0.15, -0.1) is 0 Å². The van der Waals surface area contributed by atoms with Crippen LogP contribution < -0.4 is 5.32 Å². The Balaban J connectivity index is 2.45. The molecule has 0 heterocycles. The molecule has 17 heavy (non-hydrogen) atoms. The second kappa shape index (κ2) is 6.42. The van der Waals surface area contributed by atoms with Gasteiger partial charge in [0.2, 0.25) is 0 Å². The van der Waals surface area contributed by atoms with Gasteiger partial charge in [-0.05, 0) is 43.4 Å². The minimum Gasteiger partial charge on any atom is -0.316 e. The number of nitrogens with one attached hydrogen (secondary N) is 1. The highest BCUT2D eigenvalue weighted by Gasteiger charge is 2.22. The molecule has 1 atom stereocenters. The van der Waals surface area contributed by atoms with Crippen molar-refractivity contribution in [3.63, 3.8) is 0 Å². The van der Waals surface area contributed by atoms with Crippen LogP contribution in [0.4, 0.5) is 0 Å². The zero-order valence-corrected chi connectivity index (χ0v) is 12.1. The molecule has 1 N–H and O–H groups in total. The van der Waals surface area contributed by atoms with Crippen LogP contribution in [0.2, 0.25) is 5.02 Å². The maximum Gasteiger partial charge on any atom is 0.0437 e. The average molecular weight is 254 g/mol. The van der Waals surface area contributed by atoms with E-state index >= 15 is 0 Å². The first-order valence-corrected chi connectivity index (χ1v) is 6.73. The van der Waals surface area contributed by atoms with E-state index in [9.17, 15) is 0 Å². The molecule has 0 saturated heterocycles. The average Bonchev–Trinajstić information content (AvgIpc) is 2.25. The standard InChI is InChI=1S/C15H24ClN/c1-15(2,3)14(17-4)11-7-9-12-8-5-6-10-13(12)16/h5-6,8,10,14,17H,7,9,11H2,1-4H3. The van der Waals surface area contributed by atoms with Crippen molar-refractivity contribution in [2.75, 3.05) is 7.05 Å². The fraction of sp³-hybridized carbons (Fsp3) is 0.600. The van der Waals surface area contributed by atoms with E-state index in [1.54, 1.807) is 0 Å². The van der Waals surface area contributed by atoms with Crippen molar-refractivity contribution in [2.45, 2.75) is 46.1 Å². The zero-order valence-electron chi connectivity index (χ0n) is 11.4. The predicted molar refractivity (Wildman–Crippen MR) is 76.7 cm³/mol. The molecule has 1 aromatic carbocycles. The molecule has 0 radical (unpaired) electrons. The lowest BCUT2D eigenvalue weighted by molar-refractivity contribution is 0.263. The summed E-state index contributed by atoms with van der Waals surface area (Å²) in [5.74, 6) is 0. The summed E-state index contributed by atoms with van der Waals surface area (Å²) < 4.78 is 0. The highest BCUT2D eigenvalue weighted by atomic mass is 35.5. The fourth-order valence-electron chi connectivity index (χ4n) is 2.21. The first-order valence-electron chi connectivity index (χ1n) is 6.36. The Labute approximate surface area is 111 Å². The van der Waals surface area contributed by atoms with Crippen molar-refractivity contribution in [1.82, 2.24) is 5.32 Å². The van der Waals surface area contributed by atoms with Crippen molar-refractivity contribution in [1.29, 1.82) is 0 Å². The van der Waals surface area contributed by atoms with E-state index in [2.05, 4.69) is 38.2 Å². The number of benzene rings is 1. The molecule has 1 unspecified atom stereocenters. The van der Waals surface area contributed by atoms with Gasteiger partial charge < -0.3 is 5.32 Å². The summed E-state index contributed by atoms with van der Waals surface area (Å²) in [6.07, 6.45) is 3.42. The van der Waals surface area contributed by atoms with Crippen molar-refractivity contribution in [3.8, 4) is 0 Å². The molecule has 1 aromatic rings. The van der Waals surface area contributed by atoms with Crippen LogP contribution in [0.5, 0.6) is 0 Å². The van der Waals surface area contributed by atoms with Gasteiger partial charge in [-0.2, -0.15) is 0 Å². The molecule has 0 saturated carbocycles. The van der Waals surface area contributed by atoms with Crippen LogP contribution in [0, 0.1) is 5.41 Å². The lowest BCUT2D eigenvalue weighted by atomic mass is 9.83. The van der Waals surface area contributed by atoms with Crippen LogP contribution in [0.15, 0.2) is 24.3 Å². The topological polar surface area (TPSA) is 12.0 Å². The molecule has 0 aliphatic carbocycles. The fourth-order valence-corrected chi connectivity index (χ4v) is 2.44. The Bertz CT molecular complexity index is 341. The number of hydrogen-bond donors (Lipinski definition) is 1. The Morgan fingerprint density at radius 1 is 1.24 bits per heavy atom. The Hall–Kier alpha value is -0.530. The molecule has 0 aromatic heterocycles. The number of hydrogen-bond acceptors (Lipinski definition) is 1. The third kappa shape index (κ3) is 4.69. The minimum absolute atomic E-state index is 0.315. The lowest BCUT2D eigenvalue weighted by Crippen LogP contribution is -2.37. The van der Waals surface area contributed by atoms with E-state index in [1.165, 1.54) is 18.4 Å². The molecule has 96 valence electrons. The van der Waals surface area contributed by atoms with E-state index < -0.39 is 0 Å². The third-order valence-electron chi connectivity index (χ3n) is 3.29. The van der Waals surface area contributed by atoms with Crippen LogP contribution in [0.1, 0.15) is 39.2 Å². The molecular weight excluding hydrogens is 230 g/mol. The Morgan fingerprint density at radius 3 is 2.41 bits per heavy atom. The van der Waals surface area contributed by atoms with Gasteiger partial charge in [0, 0.05) is 11.1 Å². The number of halogens is 1. The summed E-state index contributed by atoms with van der Waals surface area (Å²) in [5.41, 5.74) is 1.58. The molecule has 0 aliphatic heterocycles. The SMILES string of the molecule is CNC(CCCc1ccccc1Cl)C(C)(C)C. The van der Waals surface area contributed by atoms with Crippen LogP contribution in [0.25, 0.3) is 0 Å². The summed E-state index contributed by atoms with van der Waals surface area (Å²) >= 11 is 6.15. The Kier molecular flexibility index (Phi) is 5.48. The Morgan fingerprint density at radius 2 is 1.88 bits per heavy atom. The van der Waals surface area contributed by atoms with Gasteiger partial charge in [0.1, 0.15) is 0 Å². The van der Waals surface area contributed by atoms with Gasteiger partial charge >= 0.3 is 0 Å². The van der Waals surface area contributed by atoms with Crippen molar-refractivity contribution in [2.24, 2.45) is 5.41 Å². The van der Waals surface area contributed by atoms with E-state index in [4.69, 9.17) is 11.6 Å².